The van der Waals surface area contributed by atoms with Gasteiger partial charge in [0.1, 0.15) is 12.7 Å². The Hall–Kier alpha value is -0.870. The first kappa shape index (κ1) is 19.5. The summed E-state index contributed by atoms with van der Waals surface area (Å²) in [5.41, 5.74) is 0. The summed E-state index contributed by atoms with van der Waals surface area (Å²) in [7, 11) is 0. The maximum Gasteiger partial charge on any atom is 0.305 e. The zero-order chi connectivity index (χ0) is 14.2. The molecular weight excluding hydrogens is 232 g/mol. The Bertz CT molecular complexity index is 192. The molecule has 0 fully saturated rings. The van der Waals surface area contributed by atoms with Crippen LogP contribution in [0.1, 0.15) is 52.4 Å². The number of hydrogen-bond acceptors (Lipinski definition) is 4. The number of unbranched alkanes of at least 4 members (excludes halogenated alkanes) is 4. The van der Waals surface area contributed by atoms with Gasteiger partial charge in [-0.25, -0.2) is 0 Å². The van der Waals surface area contributed by atoms with Crippen molar-refractivity contribution in [3.63, 3.8) is 0 Å². The van der Waals surface area contributed by atoms with Gasteiger partial charge >= 0.3 is 5.97 Å². The molecule has 4 heteroatoms. The highest BCUT2D eigenvalue weighted by atomic mass is 16.5. The lowest BCUT2D eigenvalue weighted by Gasteiger charge is -2.08. The van der Waals surface area contributed by atoms with Gasteiger partial charge in [0.05, 0.1) is 6.61 Å². The number of aliphatic hydroxyl groups is 2. The van der Waals surface area contributed by atoms with Crippen LogP contribution >= 0.6 is 0 Å². The van der Waals surface area contributed by atoms with Gasteiger partial charge in [-0.2, -0.15) is 0 Å². The number of esters is 1. The van der Waals surface area contributed by atoms with Gasteiger partial charge in [0.15, 0.2) is 0 Å². The zero-order valence-corrected chi connectivity index (χ0v) is 11.7. The third-order valence-corrected chi connectivity index (χ3v) is 2.13. The van der Waals surface area contributed by atoms with E-state index in [2.05, 4.69) is 13.5 Å². The Morgan fingerprint density at radius 3 is 2.39 bits per heavy atom. The Morgan fingerprint density at radius 2 is 1.89 bits per heavy atom. The molecule has 0 aliphatic rings. The van der Waals surface area contributed by atoms with Crippen molar-refractivity contribution in [3.05, 3.63) is 12.7 Å². The predicted molar refractivity (Wildman–Crippen MR) is 73.3 cm³/mol. The molecule has 0 aromatic rings. The number of carbonyl (C=O) groups excluding carboxylic acids is 1. The van der Waals surface area contributed by atoms with Crippen molar-refractivity contribution in [2.24, 2.45) is 0 Å². The Kier molecular flexibility index (Phi) is 17.4. The lowest BCUT2D eigenvalue weighted by Crippen LogP contribution is -2.21. The highest BCUT2D eigenvalue weighted by Crippen LogP contribution is 2.05. The standard InChI is InChI=1S/C11H22O4.C3H6/c1-2-3-4-5-6-7-11(14)15-9-10(13)8-12;1-3-2/h10,12-13H,2-9H2,1H3;3H,1H2,2H3. The van der Waals surface area contributed by atoms with Crippen LogP contribution in [0.25, 0.3) is 0 Å². The van der Waals surface area contributed by atoms with Crippen molar-refractivity contribution in [2.75, 3.05) is 13.2 Å². The van der Waals surface area contributed by atoms with E-state index in [9.17, 15) is 4.79 Å². The first-order valence-electron chi connectivity index (χ1n) is 6.63. The third-order valence-electron chi connectivity index (χ3n) is 2.13. The Labute approximate surface area is 111 Å². The van der Waals surface area contributed by atoms with E-state index >= 15 is 0 Å². The second-order valence-corrected chi connectivity index (χ2v) is 4.09. The van der Waals surface area contributed by atoms with E-state index in [1.807, 2.05) is 6.92 Å². The van der Waals surface area contributed by atoms with Crippen molar-refractivity contribution < 1.29 is 19.7 Å². The molecule has 0 saturated carbocycles. The van der Waals surface area contributed by atoms with Crippen molar-refractivity contribution in [1.29, 1.82) is 0 Å². The third kappa shape index (κ3) is 17.5. The fraction of sp³-hybridized carbons (Fsp3) is 0.786. The fourth-order valence-corrected chi connectivity index (χ4v) is 1.19. The van der Waals surface area contributed by atoms with Gasteiger partial charge in [0, 0.05) is 6.42 Å². The molecule has 0 heterocycles. The summed E-state index contributed by atoms with van der Waals surface area (Å²) in [6.45, 7) is 6.92. The molecule has 0 aromatic heterocycles. The molecule has 0 aliphatic carbocycles. The molecule has 0 spiro atoms. The molecule has 4 nitrogen and oxygen atoms in total. The average Bonchev–Trinajstić information content (AvgIpc) is 2.36. The first-order valence-corrected chi connectivity index (χ1v) is 6.63. The SMILES string of the molecule is C=CC.CCCCCCCC(=O)OCC(O)CO. The molecule has 0 amide bonds. The van der Waals surface area contributed by atoms with Gasteiger partial charge in [-0.05, 0) is 13.3 Å². The maximum atomic E-state index is 11.1. The number of rotatable bonds is 9. The van der Waals surface area contributed by atoms with Crippen LogP contribution in [-0.2, 0) is 9.53 Å². The van der Waals surface area contributed by atoms with E-state index in [1.165, 1.54) is 12.8 Å². The summed E-state index contributed by atoms with van der Waals surface area (Å²) in [5.74, 6) is -0.293. The van der Waals surface area contributed by atoms with Gasteiger partial charge in [0.2, 0.25) is 0 Å². The topological polar surface area (TPSA) is 66.8 Å². The van der Waals surface area contributed by atoms with Crippen LogP contribution in [0, 0.1) is 0 Å². The van der Waals surface area contributed by atoms with E-state index in [0.29, 0.717) is 6.42 Å². The highest BCUT2D eigenvalue weighted by molar-refractivity contribution is 5.69. The molecule has 1 atom stereocenters. The predicted octanol–water partition coefficient (Wildman–Crippen LogP) is 2.44. The molecule has 18 heavy (non-hydrogen) atoms. The van der Waals surface area contributed by atoms with Gasteiger partial charge < -0.3 is 14.9 Å². The molecular formula is C14H28O4. The van der Waals surface area contributed by atoms with Crippen LogP contribution in [0.2, 0.25) is 0 Å². The smallest absolute Gasteiger partial charge is 0.305 e. The van der Waals surface area contributed by atoms with Crippen LogP contribution in [0.15, 0.2) is 12.7 Å². The van der Waals surface area contributed by atoms with Crippen molar-refractivity contribution in [2.45, 2.75) is 58.5 Å². The van der Waals surface area contributed by atoms with Gasteiger partial charge in [-0.1, -0.05) is 38.7 Å². The van der Waals surface area contributed by atoms with Crippen molar-refractivity contribution >= 4 is 5.97 Å². The number of hydrogen-bond donors (Lipinski definition) is 2. The lowest BCUT2D eigenvalue weighted by molar-refractivity contribution is -0.147. The van der Waals surface area contributed by atoms with Crippen LogP contribution < -0.4 is 0 Å². The highest BCUT2D eigenvalue weighted by Gasteiger charge is 2.06. The largest absolute Gasteiger partial charge is 0.463 e. The van der Waals surface area contributed by atoms with E-state index in [1.54, 1.807) is 6.08 Å². The fourth-order valence-electron chi connectivity index (χ4n) is 1.19. The minimum absolute atomic E-state index is 0.107. The summed E-state index contributed by atoms with van der Waals surface area (Å²) in [4.78, 5) is 11.1. The van der Waals surface area contributed by atoms with Crippen LogP contribution in [-0.4, -0.2) is 35.5 Å². The minimum atomic E-state index is -0.950. The minimum Gasteiger partial charge on any atom is -0.463 e. The summed E-state index contributed by atoms with van der Waals surface area (Å²) in [6, 6.07) is 0. The van der Waals surface area contributed by atoms with Crippen molar-refractivity contribution in [3.8, 4) is 0 Å². The van der Waals surface area contributed by atoms with E-state index < -0.39 is 6.10 Å². The Balaban J connectivity index is 0. The second kappa shape index (κ2) is 16.1. The molecule has 0 aliphatic heterocycles. The van der Waals surface area contributed by atoms with Crippen LogP contribution in [0.5, 0.6) is 0 Å². The molecule has 0 saturated heterocycles. The van der Waals surface area contributed by atoms with Gasteiger partial charge in [-0.3, -0.25) is 4.79 Å². The molecule has 108 valence electrons. The summed E-state index contributed by atoms with van der Waals surface area (Å²) < 4.78 is 4.75. The normalized spacial score (nSPS) is 11.1. The number of aliphatic hydroxyl groups excluding tert-OH is 2. The summed E-state index contributed by atoms with van der Waals surface area (Å²) in [5, 5.41) is 17.4. The number of allylic oxidation sites excluding steroid dienone is 1. The number of ether oxygens (including phenoxy) is 1. The molecule has 0 aromatic carbocycles. The molecule has 0 bridgehead atoms. The Morgan fingerprint density at radius 1 is 1.33 bits per heavy atom. The average molecular weight is 260 g/mol. The lowest BCUT2D eigenvalue weighted by atomic mass is 10.1. The zero-order valence-electron chi connectivity index (χ0n) is 11.7. The molecule has 1 unspecified atom stereocenters. The van der Waals surface area contributed by atoms with Gasteiger partial charge in [-0.15, -0.1) is 6.58 Å². The number of carbonyl (C=O) groups is 1. The summed E-state index contributed by atoms with van der Waals surface area (Å²) >= 11 is 0. The second-order valence-electron chi connectivity index (χ2n) is 4.09. The first-order chi connectivity index (χ1) is 8.62. The monoisotopic (exact) mass is 260 g/mol. The van der Waals surface area contributed by atoms with Gasteiger partial charge in [0.25, 0.3) is 0 Å². The van der Waals surface area contributed by atoms with Crippen molar-refractivity contribution in [1.82, 2.24) is 0 Å². The summed E-state index contributed by atoms with van der Waals surface area (Å²) in [6.07, 6.45) is 6.64. The quantitative estimate of drug-likeness (QED) is 0.379. The van der Waals surface area contributed by atoms with Crippen LogP contribution in [0.4, 0.5) is 0 Å². The molecule has 0 rings (SSSR count). The van der Waals surface area contributed by atoms with E-state index in [-0.39, 0.29) is 19.2 Å². The maximum absolute atomic E-state index is 11.1. The van der Waals surface area contributed by atoms with Crippen LogP contribution in [0.3, 0.4) is 0 Å². The van der Waals surface area contributed by atoms with E-state index in [0.717, 1.165) is 19.3 Å². The molecule has 0 radical (unpaired) electrons. The van der Waals surface area contributed by atoms with E-state index in [4.69, 9.17) is 14.9 Å². The molecule has 2 N–H and O–H groups in total.